The molecule has 3 saturated carbocycles. The summed E-state index contributed by atoms with van der Waals surface area (Å²) in [6.07, 6.45) is 12.9. The van der Waals surface area contributed by atoms with Crippen LogP contribution in [0.4, 0.5) is 0 Å². The zero-order valence-corrected chi connectivity index (χ0v) is 11.3. The highest BCUT2D eigenvalue weighted by Crippen LogP contribution is 2.55. The monoisotopic (exact) mass is 236 g/mol. The van der Waals surface area contributed by atoms with Crippen LogP contribution in [0.5, 0.6) is 0 Å². The third kappa shape index (κ3) is 2.05. The van der Waals surface area contributed by atoms with E-state index in [2.05, 4.69) is 6.92 Å². The van der Waals surface area contributed by atoms with Crippen LogP contribution in [0, 0.1) is 29.1 Å². The van der Waals surface area contributed by atoms with Gasteiger partial charge in [-0.1, -0.05) is 45.4 Å². The van der Waals surface area contributed by atoms with Crippen molar-refractivity contribution in [2.45, 2.75) is 64.7 Å². The summed E-state index contributed by atoms with van der Waals surface area (Å²) in [4.78, 5) is 0. The molecule has 5 unspecified atom stereocenters. The van der Waals surface area contributed by atoms with E-state index < -0.39 is 0 Å². The summed E-state index contributed by atoms with van der Waals surface area (Å²) in [7, 11) is 0. The molecular weight excluding hydrogens is 208 g/mol. The van der Waals surface area contributed by atoms with Crippen molar-refractivity contribution in [3.63, 3.8) is 0 Å². The third-order valence-electron chi connectivity index (χ3n) is 6.38. The van der Waals surface area contributed by atoms with E-state index in [1.54, 1.807) is 0 Å². The minimum atomic E-state index is 0.255. The first-order chi connectivity index (χ1) is 8.23. The van der Waals surface area contributed by atoms with Crippen molar-refractivity contribution >= 4 is 0 Å². The predicted octanol–water partition coefficient (Wildman–Crippen LogP) is 4.00. The first-order valence-corrected chi connectivity index (χ1v) is 7.84. The molecule has 3 rings (SSSR count). The van der Waals surface area contributed by atoms with E-state index in [4.69, 9.17) is 0 Å². The molecule has 1 heteroatoms. The van der Waals surface area contributed by atoms with Crippen molar-refractivity contribution in [1.82, 2.24) is 0 Å². The number of hydrogen-bond donors (Lipinski definition) is 1. The molecule has 0 heterocycles. The Hall–Kier alpha value is -0.0400. The Kier molecular flexibility index (Phi) is 3.23. The summed E-state index contributed by atoms with van der Waals surface area (Å²) in [5.74, 6) is 3.83. The van der Waals surface area contributed by atoms with Crippen LogP contribution in [0.25, 0.3) is 0 Å². The molecule has 0 spiro atoms. The summed E-state index contributed by atoms with van der Waals surface area (Å²) in [5, 5.41) is 9.79. The zero-order chi connectivity index (χ0) is 11.9. The van der Waals surface area contributed by atoms with Crippen LogP contribution < -0.4 is 0 Å². The topological polar surface area (TPSA) is 20.2 Å². The quantitative estimate of drug-likeness (QED) is 0.729. The maximum Gasteiger partial charge on any atom is 0.0487 e. The van der Waals surface area contributed by atoms with Crippen molar-refractivity contribution < 1.29 is 5.11 Å². The van der Waals surface area contributed by atoms with Crippen molar-refractivity contribution in [2.75, 3.05) is 6.61 Å². The fourth-order valence-corrected chi connectivity index (χ4v) is 5.30. The molecule has 3 aliphatic carbocycles. The number of aliphatic hydroxyl groups excluding tert-OH is 1. The predicted molar refractivity (Wildman–Crippen MR) is 70.7 cm³/mol. The van der Waals surface area contributed by atoms with Gasteiger partial charge >= 0.3 is 0 Å². The van der Waals surface area contributed by atoms with Crippen LogP contribution in [-0.2, 0) is 0 Å². The van der Waals surface area contributed by atoms with Gasteiger partial charge in [-0.05, 0) is 48.3 Å². The van der Waals surface area contributed by atoms with E-state index in [9.17, 15) is 5.11 Å². The molecule has 0 amide bonds. The molecule has 98 valence electrons. The Bertz CT molecular complexity index is 275. The molecular formula is C16H28O. The first kappa shape index (κ1) is 12.0. The molecule has 3 aliphatic rings. The van der Waals surface area contributed by atoms with E-state index in [0.717, 1.165) is 23.7 Å². The molecule has 0 saturated heterocycles. The lowest BCUT2D eigenvalue weighted by atomic mass is 9.53. The normalized spacial score (nSPS) is 50.5. The maximum absolute atomic E-state index is 9.79. The highest BCUT2D eigenvalue weighted by molar-refractivity contribution is 4.97. The lowest BCUT2D eigenvalue weighted by Crippen LogP contribution is -2.46. The Morgan fingerprint density at radius 3 is 2.29 bits per heavy atom. The highest BCUT2D eigenvalue weighted by Gasteiger charge is 2.47. The van der Waals surface area contributed by atoms with Crippen molar-refractivity contribution in [3.8, 4) is 0 Å². The van der Waals surface area contributed by atoms with E-state index in [0.29, 0.717) is 6.61 Å². The van der Waals surface area contributed by atoms with Crippen LogP contribution in [0.3, 0.4) is 0 Å². The van der Waals surface area contributed by atoms with Gasteiger partial charge in [0, 0.05) is 6.61 Å². The SMILES string of the molecule is CC1(CO)CCCC2CC3CCCCC3CC21. The molecule has 1 nitrogen and oxygen atoms in total. The van der Waals surface area contributed by atoms with Gasteiger partial charge < -0.3 is 5.11 Å². The van der Waals surface area contributed by atoms with E-state index in [1.807, 2.05) is 0 Å². The van der Waals surface area contributed by atoms with Gasteiger partial charge in [0.25, 0.3) is 0 Å². The number of hydrogen-bond acceptors (Lipinski definition) is 1. The fourth-order valence-electron chi connectivity index (χ4n) is 5.30. The Labute approximate surface area is 106 Å². The molecule has 0 aromatic rings. The molecule has 3 fully saturated rings. The van der Waals surface area contributed by atoms with Crippen LogP contribution in [0.1, 0.15) is 64.7 Å². The van der Waals surface area contributed by atoms with Crippen LogP contribution >= 0.6 is 0 Å². The van der Waals surface area contributed by atoms with Crippen LogP contribution in [0.15, 0.2) is 0 Å². The second-order valence-electron chi connectivity index (χ2n) is 7.35. The molecule has 0 aromatic carbocycles. The van der Waals surface area contributed by atoms with Crippen molar-refractivity contribution in [3.05, 3.63) is 0 Å². The molecule has 0 aromatic heterocycles. The zero-order valence-electron chi connectivity index (χ0n) is 11.3. The highest BCUT2D eigenvalue weighted by atomic mass is 16.3. The minimum Gasteiger partial charge on any atom is -0.396 e. The Morgan fingerprint density at radius 2 is 1.59 bits per heavy atom. The van der Waals surface area contributed by atoms with Gasteiger partial charge in [0.1, 0.15) is 0 Å². The lowest BCUT2D eigenvalue weighted by Gasteiger charge is -2.53. The van der Waals surface area contributed by atoms with Gasteiger partial charge in [0.15, 0.2) is 0 Å². The summed E-state index contributed by atoms with van der Waals surface area (Å²) in [5.41, 5.74) is 0.255. The smallest absolute Gasteiger partial charge is 0.0487 e. The van der Waals surface area contributed by atoms with E-state index in [1.165, 1.54) is 57.8 Å². The molecule has 0 aliphatic heterocycles. The van der Waals surface area contributed by atoms with E-state index in [-0.39, 0.29) is 5.41 Å². The lowest BCUT2D eigenvalue weighted by molar-refractivity contribution is -0.0563. The average molecular weight is 236 g/mol. The van der Waals surface area contributed by atoms with Crippen LogP contribution in [0.2, 0.25) is 0 Å². The third-order valence-corrected chi connectivity index (χ3v) is 6.38. The van der Waals surface area contributed by atoms with Gasteiger partial charge in [-0.15, -0.1) is 0 Å². The van der Waals surface area contributed by atoms with Gasteiger partial charge in [0.05, 0.1) is 0 Å². The van der Waals surface area contributed by atoms with E-state index >= 15 is 0 Å². The summed E-state index contributed by atoms with van der Waals surface area (Å²) in [6.45, 7) is 2.78. The summed E-state index contributed by atoms with van der Waals surface area (Å²) in [6, 6.07) is 0. The molecule has 5 atom stereocenters. The molecule has 0 bridgehead atoms. The molecule has 0 radical (unpaired) electrons. The minimum absolute atomic E-state index is 0.255. The number of aliphatic hydroxyl groups is 1. The Morgan fingerprint density at radius 1 is 0.941 bits per heavy atom. The summed E-state index contributed by atoms with van der Waals surface area (Å²) >= 11 is 0. The maximum atomic E-state index is 9.79. The second-order valence-corrected chi connectivity index (χ2v) is 7.35. The van der Waals surface area contributed by atoms with Gasteiger partial charge in [-0.25, -0.2) is 0 Å². The van der Waals surface area contributed by atoms with Gasteiger partial charge in [0.2, 0.25) is 0 Å². The van der Waals surface area contributed by atoms with Crippen molar-refractivity contribution in [2.24, 2.45) is 29.1 Å². The average Bonchev–Trinajstić information content (AvgIpc) is 2.37. The first-order valence-electron chi connectivity index (χ1n) is 7.84. The molecule has 17 heavy (non-hydrogen) atoms. The summed E-state index contributed by atoms with van der Waals surface area (Å²) < 4.78 is 0. The van der Waals surface area contributed by atoms with Crippen LogP contribution in [-0.4, -0.2) is 11.7 Å². The number of rotatable bonds is 1. The number of fused-ring (bicyclic) bond motifs is 2. The largest absolute Gasteiger partial charge is 0.396 e. The van der Waals surface area contributed by atoms with Gasteiger partial charge in [-0.3, -0.25) is 0 Å². The Balaban J connectivity index is 1.77. The fraction of sp³-hybridized carbons (Fsp3) is 1.00. The molecule has 1 N–H and O–H groups in total. The standard InChI is InChI=1S/C16H28O/c1-16(11-17)8-4-7-14-9-12-5-2-3-6-13(12)10-15(14)16/h12-15,17H,2-11H2,1H3. The van der Waals surface area contributed by atoms with Gasteiger partial charge in [-0.2, -0.15) is 0 Å². The second kappa shape index (κ2) is 4.57. The van der Waals surface area contributed by atoms with Crippen molar-refractivity contribution in [1.29, 1.82) is 0 Å².